The van der Waals surface area contributed by atoms with Crippen LogP contribution in [0.2, 0.25) is 0 Å². The van der Waals surface area contributed by atoms with E-state index < -0.39 is 0 Å². The van der Waals surface area contributed by atoms with Gasteiger partial charge in [-0.15, -0.1) is 0 Å². The van der Waals surface area contributed by atoms with E-state index >= 15 is 0 Å². The molecule has 6 heteroatoms. The molecule has 3 rings (SSSR count). The summed E-state index contributed by atoms with van der Waals surface area (Å²) in [6.45, 7) is 3.17. The van der Waals surface area contributed by atoms with Gasteiger partial charge in [0, 0.05) is 37.0 Å². The minimum Gasteiger partial charge on any atom is -0.494 e. The normalized spacial score (nSPS) is 10.2. The van der Waals surface area contributed by atoms with Crippen LogP contribution >= 0.6 is 0 Å². The monoisotopic (exact) mass is 348 g/mol. The number of aromatic nitrogens is 2. The molecule has 6 nitrogen and oxygen atoms in total. The summed E-state index contributed by atoms with van der Waals surface area (Å²) in [7, 11) is 0. The van der Waals surface area contributed by atoms with Crippen molar-refractivity contribution in [1.29, 1.82) is 0 Å². The molecule has 0 fully saturated rings. The minimum absolute atomic E-state index is 0.214. The molecule has 0 saturated carbocycles. The van der Waals surface area contributed by atoms with Gasteiger partial charge in [0.25, 0.3) is 5.91 Å². The third-order valence-electron chi connectivity index (χ3n) is 3.67. The lowest BCUT2D eigenvalue weighted by molar-refractivity contribution is 0.102. The van der Waals surface area contributed by atoms with Gasteiger partial charge in [-0.05, 0) is 55.0 Å². The number of nitrogens with zero attached hydrogens (tertiary/aromatic N) is 2. The molecule has 0 aliphatic carbocycles. The summed E-state index contributed by atoms with van der Waals surface area (Å²) in [5.74, 6) is 0.559. The largest absolute Gasteiger partial charge is 0.494 e. The number of pyridine rings is 2. The van der Waals surface area contributed by atoms with Crippen molar-refractivity contribution in [2.75, 3.05) is 17.2 Å². The zero-order valence-corrected chi connectivity index (χ0v) is 14.5. The minimum atomic E-state index is -0.214. The van der Waals surface area contributed by atoms with Crippen molar-refractivity contribution in [3.8, 4) is 5.75 Å². The molecule has 132 valence electrons. The first-order valence-corrected chi connectivity index (χ1v) is 8.36. The van der Waals surface area contributed by atoms with Crippen molar-refractivity contribution in [2.45, 2.75) is 13.5 Å². The van der Waals surface area contributed by atoms with Crippen LogP contribution in [-0.2, 0) is 6.54 Å². The molecule has 2 heterocycles. The second-order valence-electron chi connectivity index (χ2n) is 5.58. The van der Waals surface area contributed by atoms with Gasteiger partial charge in [0.1, 0.15) is 5.75 Å². The average molecular weight is 348 g/mol. The van der Waals surface area contributed by atoms with E-state index in [0.717, 1.165) is 17.0 Å². The second kappa shape index (κ2) is 8.62. The number of rotatable bonds is 7. The van der Waals surface area contributed by atoms with Crippen molar-refractivity contribution in [3.05, 3.63) is 78.4 Å². The van der Waals surface area contributed by atoms with E-state index in [1.807, 2.05) is 43.3 Å². The molecule has 1 amide bonds. The topological polar surface area (TPSA) is 76.1 Å². The lowest BCUT2D eigenvalue weighted by atomic mass is 10.2. The maximum atomic E-state index is 12.4. The van der Waals surface area contributed by atoms with Crippen LogP contribution in [-0.4, -0.2) is 22.5 Å². The van der Waals surface area contributed by atoms with Crippen LogP contribution in [0.25, 0.3) is 0 Å². The van der Waals surface area contributed by atoms with E-state index in [-0.39, 0.29) is 5.91 Å². The fourth-order valence-corrected chi connectivity index (χ4v) is 2.37. The second-order valence-corrected chi connectivity index (χ2v) is 5.58. The Bertz CT molecular complexity index is 851. The molecule has 0 radical (unpaired) electrons. The Kier molecular flexibility index (Phi) is 5.77. The number of anilines is 2. The zero-order chi connectivity index (χ0) is 18.2. The fourth-order valence-electron chi connectivity index (χ4n) is 2.37. The third-order valence-corrected chi connectivity index (χ3v) is 3.67. The van der Waals surface area contributed by atoms with Crippen molar-refractivity contribution in [2.24, 2.45) is 0 Å². The molecule has 2 aromatic heterocycles. The molecule has 0 saturated heterocycles. The van der Waals surface area contributed by atoms with Crippen LogP contribution in [0.5, 0.6) is 5.75 Å². The van der Waals surface area contributed by atoms with Gasteiger partial charge in [0.2, 0.25) is 0 Å². The summed E-state index contributed by atoms with van der Waals surface area (Å²) >= 11 is 0. The van der Waals surface area contributed by atoms with Crippen LogP contribution in [0.15, 0.2) is 67.3 Å². The van der Waals surface area contributed by atoms with Gasteiger partial charge in [-0.3, -0.25) is 14.8 Å². The van der Waals surface area contributed by atoms with Gasteiger partial charge in [-0.25, -0.2) is 0 Å². The van der Waals surface area contributed by atoms with Crippen LogP contribution in [0, 0.1) is 0 Å². The van der Waals surface area contributed by atoms with E-state index in [2.05, 4.69) is 20.6 Å². The number of hydrogen-bond donors (Lipinski definition) is 2. The van der Waals surface area contributed by atoms with Crippen molar-refractivity contribution in [1.82, 2.24) is 9.97 Å². The van der Waals surface area contributed by atoms with Crippen LogP contribution in [0.1, 0.15) is 22.8 Å². The molecule has 2 N–H and O–H groups in total. The predicted octanol–water partition coefficient (Wildman–Crippen LogP) is 3.74. The lowest BCUT2D eigenvalue weighted by Gasteiger charge is -2.09. The lowest BCUT2D eigenvalue weighted by Crippen LogP contribution is -2.12. The summed E-state index contributed by atoms with van der Waals surface area (Å²) in [5, 5.41) is 6.11. The predicted molar refractivity (Wildman–Crippen MR) is 101 cm³/mol. The van der Waals surface area contributed by atoms with E-state index in [1.165, 1.54) is 0 Å². The highest BCUT2D eigenvalue weighted by atomic mass is 16.5. The Morgan fingerprint density at radius 2 is 1.77 bits per heavy atom. The summed E-state index contributed by atoms with van der Waals surface area (Å²) in [6.07, 6.45) is 6.72. The van der Waals surface area contributed by atoms with Crippen LogP contribution < -0.4 is 15.4 Å². The Labute approximate surface area is 152 Å². The van der Waals surface area contributed by atoms with E-state index in [1.54, 1.807) is 30.9 Å². The molecule has 1 aromatic carbocycles. The highest BCUT2D eigenvalue weighted by Crippen LogP contribution is 2.17. The van der Waals surface area contributed by atoms with E-state index in [0.29, 0.717) is 24.4 Å². The maximum Gasteiger partial charge on any atom is 0.257 e. The number of carbonyl (C=O) groups is 1. The highest BCUT2D eigenvalue weighted by Gasteiger charge is 2.08. The number of amides is 1. The molecule has 26 heavy (non-hydrogen) atoms. The molecule has 0 atom stereocenters. The van der Waals surface area contributed by atoms with Gasteiger partial charge in [-0.2, -0.15) is 0 Å². The Morgan fingerprint density at radius 3 is 2.50 bits per heavy atom. The van der Waals surface area contributed by atoms with Gasteiger partial charge >= 0.3 is 0 Å². The molecule has 0 unspecified atom stereocenters. The number of carbonyl (C=O) groups excluding carboxylic acids is 1. The summed E-state index contributed by atoms with van der Waals surface area (Å²) in [5.41, 5.74) is 3.07. The number of hydrogen-bond acceptors (Lipinski definition) is 5. The molecule has 0 spiro atoms. The molecular weight excluding hydrogens is 328 g/mol. The van der Waals surface area contributed by atoms with Gasteiger partial charge < -0.3 is 15.4 Å². The first kappa shape index (κ1) is 17.4. The third kappa shape index (κ3) is 4.80. The number of benzene rings is 1. The molecule has 0 aliphatic rings. The highest BCUT2D eigenvalue weighted by molar-refractivity contribution is 6.04. The van der Waals surface area contributed by atoms with Gasteiger partial charge in [0.15, 0.2) is 0 Å². The SMILES string of the molecule is CCOc1ccc(NC(=O)c2cncc(NCc3ccncc3)c2)cc1. The van der Waals surface area contributed by atoms with E-state index in [4.69, 9.17) is 4.74 Å². The van der Waals surface area contributed by atoms with Gasteiger partial charge in [-0.1, -0.05) is 0 Å². The Hall–Kier alpha value is -3.41. The Morgan fingerprint density at radius 1 is 1.00 bits per heavy atom. The first-order chi connectivity index (χ1) is 12.7. The summed E-state index contributed by atoms with van der Waals surface area (Å²) in [4.78, 5) is 20.6. The quantitative estimate of drug-likeness (QED) is 0.680. The van der Waals surface area contributed by atoms with Crippen LogP contribution in [0.4, 0.5) is 11.4 Å². The molecule has 0 aliphatic heterocycles. The molecular formula is C20H20N4O2. The van der Waals surface area contributed by atoms with Crippen molar-refractivity contribution in [3.63, 3.8) is 0 Å². The van der Waals surface area contributed by atoms with E-state index in [9.17, 15) is 4.79 Å². The molecule has 3 aromatic rings. The van der Waals surface area contributed by atoms with Crippen LogP contribution in [0.3, 0.4) is 0 Å². The summed E-state index contributed by atoms with van der Waals surface area (Å²) in [6, 6.07) is 12.9. The number of ether oxygens (including phenoxy) is 1. The molecule has 0 bridgehead atoms. The fraction of sp³-hybridized carbons (Fsp3) is 0.150. The van der Waals surface area contributed by atoms with Crippen molar-refractivity contribution < 1.29 is 9.53 Å². The standard InChI is InChI=1S/C20H20N4O2/c1-2-26-19-5-3-17(4-6-19)24-20(25)16-11-18(14-22-13-16)23-12-15-7-9-21-10-8-15/h3-11,13-14,23H,2,12H2,1H3,(H,24,25). The maximum absolute atomic E-state index is 12.4. The van der Waals surface area contributed by atoms with Crippen molar-refractivity contribution >= 4 is 17.3 Å². The number of nitrogens with one attached hydrogen (secondary N) is 2. The first-order valence-electron chi connectivity index (χ1n) is 8.36. The zero-order valence-electron chi connectivity index (χ0n) is 14.5. The smallest absolute Gasteiger partial charge is 0.257 e. The average Bonchev–Trinajstić information content (AvgIpc) is 2.69. The van der Waals surface area contributed by atoms with Gasteiger partial charge in [0.05, 0.1) is 17.9 Å². The summed E-state index contributed by atoms with van der Waals surface area (Å²) < 4.78 is 5.39. The Balaban J connectivity index is 1.62.